The minimum atomic E-state index is -0.0600. The summed E-state index contributed by atoms with van der Waals surface area (Å²) in [5.74, 6) is 1.12. The van der Waals surface area contributed by atoms with E-state index in [4.69, 9.17) is 27.6 Å². The predicted octanol–water partition coefficient (Wildman–Crippen LogP) is 5.00. The molecule has 0 saturated carbocycles. The number of carbonyl (C=O) groups is 1. The van der Waals surface area contributed by atoms with Crippen LogP contribution in [-0.2, 0) is 11.2 Å². The molecule has 3 rings (SSSR count). The first kappa shape index (κ1) is 21.4. The molecular weight excluding hydrogens is 409 g/mol. The van der Waals surface area contributed by atoms with Gasteiger partial charge in [-0.15, -0.1) is 0 Å². The van der Waals surface area contributed by atoms with E-state index in [1.54, 1.807) is 18.3 Å². The molecule has 1 atom stereocenters. The number of amides is 1. The number of likely N-dealkylation sites (N-methyl/N-ethyl adjacent to an activating group) is 1. The van der Waals surface area contributed by atoms with Gasteiger partial charge in [0.2, 0.25) is 5.91 Å². The molecule has 1 aromatic heterocycles. The summed E-state index contributed by atoms with van der Waals surface area (Å²) in [5, 5.41) is 4.34. The normalized spacial score (nSPS) is 12.2. The summed E-state index contributed by atoms with van der Waals surface area (Å²) in [6.07, 6.45) is 2.39. The van der Waals surface area contributed by atoms with Crippen LogP contribution in [0, 0.1) is 0 Å². The summed E-state index contributed by atoms with van der Waals surface area (Å²) in [6.45, 7) is 0.469. The molecule has 0 aliphatic rings. The minimum Gasteiger partial charge on any atom is -0.441 e. The molecule has 0 spiro atoms. The molecule has 29 heavy (non-hydrogen) atoms. The number of rotatable bonds is 8. The molecule has 0 bridgehead atoms. The van der Waals surface area contributed by atoms with Gasteiger partial charge < -0.3 is 14.6 Å². The van der Waals surface area contributed by atoms with E-state index in [0.717, 1.165) is 11.1 Å². The van der Waals surface area contributed by atoms with Crippen molar-refractivity contribution < 1.29 is 9.21 Å². The van der Waals surface area contributed by atoms with Crippen LogP contribution in [0.3, 0.4) is 0 Å². The highest BCUT2D eigenvalue weighted by atomic mass is 35.5. The molecule has 0 radical (unpaired) electrons. The van der Waals surface area contributed by atoms with Gasteiger partial charge in [-0.3, -0.25) is 4.79 Å². The van der Waals surface area contributed by atoms with Gasteiger partial charge in [0.25, 0.3) is 0 Å². The topological polar surface area (TPSA) is 58.4 Å². The van der Waals surface area contributed by atoms with Crippen LogP contribution in [0.1, 0.15) is 23.9 Å². The molecule has 152 valence electrons. The molecule has 7 heteroatoms. The van der Waals surface area contributed by atoms with Crippen molar-refractivity contribution in [2.75, 3.05) is 20.6 Å². The smallest absolute Gasteiger partial charge is 0.220 e. The monoisotopic (exact) mass is 431 g/mol. The Kier molecular flexibility index (Phi) is 7.31. The zero-order chi connectivity index (χ0) is 20.8. The Morgan fingerprint density at radius 1 is 1.14 bits per heavy atom. The number of nitrogens with zero attached hydrogens (tertiary/aromatic N) is 2. The molecule has 0 aliphatic heterocycles. The van der Waals surface area contributed by atoms with Gasteiger partial charge in [0.05, 0.1) is 12.2 Å². The number of carbonyl (C=O) groups excluding carboxylic acids is 1. The SMILES string of the molecule is CN(C)[C@H](CNC(=O)CCc1ncc(-c2ccc(Cl)cc2)o1)c1ccccc1Cl. The lowest BCUT2D eigenvalue weighted by atomic mass is 10.1. The zero-order valence-corrected chi connectivity index (χ0v) is 17.9. The Hall–Kier alpha value is -2.34. The summed E-state index contributed by atoms with van der Waals surface area (Å²) in [4.78, 5) is 18.6. The highest BCUT2D eigenvalue weighted by molar-refractivity contribution is 6.31. The van der Waals surface area contributed by atoms with E-state index in [1.165, 1.54) is 0 Å². The van der Waals surface area contributed by atoms with E-state index in [1.807, 2.05) is 55.4 Å². The summed E-state index contributed by atoms with van der Waals surface area (Å²) < 4.78 is 5.75. The van der Waals surface area contributed by atoms with Crippen molar-refractivity contribution in [3.8, 4) is 11.3 Å². The number of aromatic nitrogens is 1. The molecule has 0 saturated heterocycles. The van der Waals surface area contributed by atoms with E-state index in [2.05, 4.69) is 10.3 Å². The van der Waals surface area contributed by atoms with Gasteiger partial charge in [0.1, 0.15) is 0 Å². The van der Waals surface area contributed by atoms with Gasteiger partial charge in [-0.05, 0) is 50.0 Å². The molecule has 1 N–H and O–H groups in total. The Bertz CT molecular complexity index is 955. The summed E-state index contributed by atoms with van der Waals surface area (Å²) in [5.41, 5.74) is 1.88. The van der Waals surface area contributed by atoms with Crippen molar-refractivity contribution in [2.45, 2.75) is 18.9 Å². The Morgan fingerprint density at radius 3 is 2.55 bits per heavy atom. The molecule has 1 heterocycles. The maximum Gasteiger partial charge on any atom is 0.220 e. The Balaban J connectivity index is 1.53. The number of halogens is 2. The molecule has 5 nitrogen and oxygen atoms in total. The first-order valence-electron chi connectivity index (χ1n) is 9.32. The summed E-state index contributed by atoms with van der Waals surface area (Å²) in [6, 6.07) is 15.0. The molecule has 0 fully saturated rings. The van der Waals surface area contributed by atoms with Crippen LogP contribution >= 0.6 is 23.2 Å². The van der Waals surface area contributed by atoms with Crippen molar-refractivity contribution in [2.24, 2.45) is 0 Å². The largest absolute Gasteiger partial charge is 0.441 e. The van der Waals surface area contributed by atoms with Crippen LogP contribution in [0.15, 0.2) is 59.1 Å². The van der Waals surface area contributed by atoms with E-state index < -0.39 is 0 Å². The minimum absolute atomic E-state index is 0.00843. The second-order valence-corrected chi connectivity index (χ2v) is 7.77. The van der Waals surface area contributed by atoms with E-state index in [-0.39, 0.29) is 11.9 Å². The third-order valence-electron chi connectivity index (χ3n) is 4.63. The first-order chi connectivity index (χ1) is 13.9. The lowest BCUT2D eigenvalue weighted by Crippen LogP contribution is -2.34. The van der Waals surface area contributed by atoms with Crippen molar-refractivity contribution in [1.82, 2.24) is 15.2 Å². The molecule has 2 aromatic carbocycles. The number of oxazole rings is 1. The van der Waals surface area contributed by atoms with Gasteiger partial charge in [-0.2, -0.15) is 0 Å². The van der Waals surface area contributed by atoms with Crippen LogP contribution in [0.5, 0.6) is 0 Å². The van der Waals surface area contributed by atoms with Crippen LogP contribution in [0.2, 0.25) is 10.0 Å². The summed E-state index contributed by atoms with van der Waals surface area (Å²) in [7, 11) is 3.93. The average molecular weight is 432 g/mol. The number of nitrogens with one attached hydrogen (secondary N) is 1. The maximum atomic E-state index is 12.3. The van der Waals surface area contributed by atoms with Gasteiger partial charge in [-0.1, -0.05) is 41.4 Å². The van der Waals surface area contributed by atoms with E-state index in [9.17, 15) is 4.79 Å². The van der Waals surface area contributed by atoms with Gasteiger partial charge >= 0.3 is 0 Å². The molecule has 1 amide bonds. The van der Waals surface area contributed by atoms with E-state index in [0.29, 0.717) is 41.1 Å². The number of hydrogen-bond acceptors (Lipinski definition) is 4. The lowest BCUT2D eigenvalue weighted by Gasteiger charge is -2.26. The Morgan fingerprint density at radius 2 is 1.86 bits per heavy atom. The standard InChI is InChI=1S/C22H23Cl2N3O2/c1-27(2)19(17-5-3-4-6-18(17)24)13-25-21(28)11-12-22-26-14-20(29-22)15-7-9-16(23)10-8-15/h3-10,14,19H,11-13H2,1-2H3,(H,25,28)/t19-/m1/s1. The predicted molar refractivity (Wildman–Crippen MR) is 116 cm³/mol. The highest BCUT2D eigenvalue weighted by Crippen LogP contribution is 2.25. The van der Waals surface area contributed by atoms with Crippen molar-refractivity contribution in [1.29, 1.82) is 0 Å². The number of benzene rings is 2. The van der Waals surface area contributed by atoms with Crippen LogP contribution < -0.4 is 5.32 Å². The van der Waals surface area contributed by atoms with Crippen molar-refractivity contribution in [3.05, 3.63) is 76.2 Å². The number of aryl methyl sites for hydroxylation is 1. The average Bonchev–Trinajstić information content (AvgIpc) is 3.17. The fourth-order valence-electron chi connectivity index (χ4n) is 3.01. The number of hydrogen-bond donors (Lipinski definition) is 1. The maximum absolute atomic E-state index is 12.3. The fourth-order valence-corrected chi connectivity index (χ4v) is 3.40. The summed E-state index contributed by atoms with van der Waals surface area (Å²) >= 11 is 12.2. The highest BCUT2D eigenvalue weighted by Gasteiger charge is 2.18. The van der Waals surface area contributed by atoms with Crippen molar-refractivity contribution >= 4 is 29.1 Å². The zero-order valence-electron chi connectivity index (χ0n) is 16.4. The second-order valence-electron chi connectivity index (χ2n) is 6.93. The quantitative estimate of drug-likeness (QED) is 0.544. The second kappa shape index (κ2) is 9.92. The molecule has 3 aromatic rings. The van der Waals surface area contributed by atoms with Gasteiger partial charge in [-0.25, -0.2) is 4.98 Å². The lowest BCUT2D eigenvalue weighted by molar-refractivity contribution is -0.121. The molecular formula is C22H23Cl2N3O2. The van der Waals surface area contributed by atoms with Crippen LogP contribution in [0.4, 0.5) is 0 Å². The van der Waals surface area contributed by atoms with Gasteiger partial charge in [0, 0.05) is 35.0 Å². The Labute approximate surface area is 180 Å². The molecule has 0 unspecified atom stereocenters. The van der Waals surface area contributed by atoms with Crippen molar-refractivity contribution in [3.63, 3.8) is 0 Å². The fraction of sp³-hybridized carbons (Fsp3) is 0.273. The third-order valence-corrected chi connectivity index (χ3v) is 5.22. The van der Waals surface area contributed by atoms with E-state index >= 15 is 0 Å². The molecule has 0 aliphatic carbocycles. The van der Waals surface area contributed by atoms with Crippen LogP contribution in [0.25, 0.3) is 11.3 Å². The first-order valence-corrected chi connectivity index (χ1v) is 10.1. The third kappa shape index (κ3) is 5.82. The van der Waals surface area contributed by atoms with Gasteiger partial charge in [0.15, 0.2) is 11.7 Å². The van der Waals surface area contributed by atoms with Crippen LogP contribution in [-0.4, -0.2) is 36.4 Å².